The molecule has 0 aliphatic carbocycles. The second-order valence-electron chi connectivity index (χ2n) is 7.09. The van der Waals surface area contributed by atoms with E-state index in [1.165, 1.54) is 16.9 Å². The summed E-state index contributed by atoms with van der Waals surface area (Å²) >= 11 is 3.00. The number of hydrogen-bond donors (Lipinski definition) is 2. The largest absolute Gasteiger partial charge is 0.496 e. The molecule has 30 heavy (non-hydrogen) atoms. The van der Waals surface area contributed by atoms with Gasteiger partial charge in [-0.25, -0.2) is 0 Å². The zero-order valence-corrected chi connectivity index (χ0v) is 18.6. The van der Waals surface area contributed by atoms with Gasteiger partial charge in [-0.2, -0.15) is 5.21 Å². The van der Waals surface area contributed by atoms with E-state index in [2.05, 4.69) is 70.1 Å². The van der Waals surface area contributed by atoms with E-state index < -0.39 is 0 Å². The minimum atomic E-state index is -0.268. The molecule has 0 fully saturated rings. The Kier molecular flexibility index (Phi) is 5.74. The lowest BCUT2D eigenvalue weighted by Crippen LogP contribution is -2.12. The summed E-state index contributed by atoms with van der Waals surface area (Å²) in [5, 5.41) is 17.2. The Balaban J connectivity index is 1.77. The maximum absolute atomic E-state index is 13.0. The van der Waals surface area contributed by atoms with Crippen molar-refractivity contribution in [1.82, 2.24) is 20.6 Å². The first-order valence-corrected chi connectivity index (χ1v) is 11.0. The average molecular weight is 440 g/mol. The molecule has 0 radical (unpaired) electrons. The van der Waals surface area contributed by atoms with Crippen molar-refractivity contribution < 1.29 is 9.53 Å². The minimum absolute atomic E-state index is 0.142. The van der Waals surface area contributed by atoms with E-state index in [4.69, 9.17) is 4.74 Å². The molecule has 0 spiro atoms. The quantitative estimate of drug-likeness (QED) is 0.426. The van der Waals surface area contributed by atoms with Gasteiger partial charge in [0.1, 0.15) is 10.6 Å². The number of H-pyrrole nitrogens is 1. The van der Waals surface area contributed by atoms with Crippen molar-refractivity contribution in [3.63, 3.8) is 0 Å². The maximum atomic E-state index is 13.0. The first kappa shape index (κ1) is 20.4. The van der Waals surface area contributed by atoms with E-state index in [0.29, 0.717) is 10.8 Å². The normalized spacial score (nSPS) is 11.2. The number of nitrogens with one attached hydrogen (secondary N) is 2. The molecule has 0 aliphatic rings. The molecule has 4 rings (SSSR count). The van der Waals surface area contributed by atoms with Crippen molar-refractivity contribution in [3.05, 3.63) is 52.4 Å². The molecule has 0 atom stereocenters. The van der Waals surface area contributed by atoms with Crippen molar-refractivity contribution >= 4 is 45.0 Å². The SMILES string of the molecule is COc1cc2sc(C(=O)Nc3nn[nH]n3)c(Sc3ccc(C(C)C)cc3)c2cc1C. The number of carbonyl (C=O) groups is 1. The fraction of sp³-hybridized carbons (Fsp3) is 0.238. The second kappa shape index (κ2) is 8.45. The predicted molar refractivity (Wildman–Crippen MR) is 120 cm³/mol. The molecule has 154 valence electrons. The number of rotatable bonds is 6. The Morgan fingerprint density at radius 2 is 2.00 bits per heavy atom. The highest BCUT2D eigenvalue weighted by molar-refractivity contribution is 7.99. The lowest BCUT2D eigenvalue weighted by Gasteiger charge is -2.09. The molecule has 9 heteroatoms. The molecular weight excluding hydrogens is 418 g/mol. The zero-order chi connectivity index (χ0) is 21.3. The van der Waals surface area contributed by atoms with Gasteiger partial charge in [-0.3, -0.25) is 10.1 Å². The van der Waals surface area contributed by atoms with Crippen LogP contribution in [0, 0.1) is 6.92 Å². The first-order valence-electron chi connectivity index (χ1n) is 9.40. The Labute approximate surface area is 182 Å². The van der Waals surface area contributed by atoms with Crippen LogP contribution in [0.5, 0.6) is 5.75 Å². The lowest BCUT2D eigenvalue weighted by atomic mass is 10.0. The number of anilines is 1. The molecule has 0 saturated heterocycles. The van der Waals surface area contributed by atoms with Crippen LogP contribution in [0.4, 0.5) is 5.95 Å². The third-order valence-corrected chi connectivity index (χ3v) is 7.12. The molecular formula is C21H21N5O2S2. The molecule has 0 bridgehead atoms. The van der Waals surface area contributed by atoms with Crippen LogP contribution in [-0.2, 0) is 0 Å². The number of nitrogens with zero attached hydrogens (tertiary/aromatic N) is 3. The van der Waals surface area contributed by atoms with Gasteiger partial charge in [0.15, 0.2) is 0 Å². The molecule has 7 nitrogen and oxygen atoms in total. The molecule has 2 N–H and O–H groups in total. The van der Waals surface area contributed by atoms with Gasteiger partial charge in [0.2, 0.25) is 0 Å². The number of benzene rings is 2. The van der Waals surface area contributed by atoms with E-state index in [1.54, 1.807) is 18.9 Å². The van der Waals surface area contributed by atoms with Crippen LogP contribution in [0.2, 0.25) is 0 Å². The number of fused-ring (bicyclic) bond motifs is 1. The second-order valence-corrected chi connectivity index (χ2v) is 9.23. The minimum Gasteiger partial charge on any atom is -0.496 e. The topological polar surface area (TPSA) is 92.8 Å². The Bertz CT molecular complexity index is 1180. The number of hydrogen-bond acceptors (Lipinski definition) is 7. The van der Waals surface area contributed by atoms with Gasteiger partial charge >= 0.3 is 0 Å². The number of aromatic nitrogens is 4. The third-order valence-electron chi connectivity index (χ3n) is 4.70. The highest BCUT2D eigenvalue weighted by Gasteiger charge is 2.22. The third kappa shape index (κ3) is 4.03. The monoisotopic (exact) mass is 439 g/mol. The number of amides is 1. The van der Waals surface area contributed by atoms with E-state index in [-0.39, 0.29) is 11.9 Å². The number of aromatic amines is 1. The predicted octanol–water partition coefficient (Wildman–Crippen LogP) is 5.26. The molecule has 0 unspecified atom stereocenters. The summed E-state index contributed by atoms with van der Waals surface area (Å²) in [6, 6.07) is 12.5. The number of tetrazole rings is 1. The van der Waals surface area contributed by atoms with Gasteiger partial charge < -0.3 is 4.74 Å². The summed E-state index contributed by atoms with van der Waals surface area (Å²) in [6.07, 6.45) is 0. The molecule has 2 heterocycles. The molecule has 4 aromatic rings. The summed E-state index contributed by atoms with van der Waals surface area (Å²) < 4.78 is 6.45. The fourth-order valence-electron chi connectivity index (χ4n) is 3.09. The average Bonchev–Trinajstić information content (AvgIpc) is 3.36. The number of ether oxygens (including phenoxy) is 1. The van der Waals surface area contributed by atoms with Crippen LogP contribution in [0.25, 0.3) is 10.1 Å². The van der Waals surface area contributed by atoms with Gasteiger partial charge in [-0.15, -0.1) is 16.4 Å². The summed E-state index contributed by atoms with van der Waals surface area (Å²) in [7, 11) is 1.65. The number of carbonyl (C=O) groups excluding carboxylic acids is 1. The number of thiophene rings is 1. The number of aryl methyl sites for hydroxylation is 1. The van der Waals surface area contributed by atoms with Crippen LogP contribution in [0.1, 0.15) is 40.6 Å². The van der Waals surface area contributed by atoms with Crippen LogP contribution < -0.4 is 10.1 Å². The standard InChI is InChI=1S/C21H21N5O2S2/c1-11(2)13-5-7-14(8-6-13)29-18-15-9-12(3)16(28-4)10-17(15)30-19(18)20(27)22-21-23-25-26-24-21/h5-11H,1-4H3,(H2,22,23,24,25,26,27). The summed E-state index contributed by atoms with van der Waals surface area (Å²) in [6.45, 7) is 6.34. The molecule has 0 saturated carbocycles. The van der Waals surface area contributed by atoms with Crippen molar-refractivity contribution in [1.29, 1.82) is 0 Å². The van der Waals surface area contributed by atoms with Crippen molar-refractivity contribution in [2.75, 3.05) is 12.4 Å². The smallest absolute Gasteiger partial charge is 0.270 e. The van der Waals surface area contributed by atoms with Crippen molar-refractivity contribution in [2.24, 2.45) is 0 Å². The van der Waals surface area contributed by atoms with E-state index in [0.717, 1.165) is 31.2 Å². The number of methoxy groups -OCH3 is 1. The van der Waals surface area contributed by atoms with Crippen LogP contribution >= 0.6 is 23.1 Å². The molecule has 2 aromatic heterocycles. The van der Waals surface area contributed by atoms with Gasteiger partial charge in [0.05, 0.1) is 7.11 Å². The van der Waals surface area contributed by atoms with Gasteiger partial charge in [-0.05, 0) is 53.4 Å². The van der Waals surface area contributed by atoms with Crippen LogP contribution in [-0.4, -0.2) is 33.6 Å². The van der Waals surface area contributed by atoms with E-state index in [9.17, 15) is 4.79 Å². The maximum Gasteiger partial charge on any atom is 0.270 e. The Morgan fingerprint density at radius 3 is 2.63 bits per heavy atom. The summed E-state index contributed by atoms with van der Waals surface area (Å²) in [5.41, 5.74) is 2.30. The fourth-order valence-corrected chi connectivity index (χ4v) is 5.38. The summed E-state index contributed by atoms with van der Waals surface area (Å²) in [5.74, 6) is 1.14. The molecule has 2 aromatic carbocycles. The molecule has 1 amide bonds. The van der Waals surface area contributed by atoms with Crippen LogP contribution in [0.3, 0.4) is 0 Å². The first-order chi connectivity index (χ1) is 14.5. The Morgan fingerprint density at radius 1 is 1.23 bits per heavy atom. The zero-order valence-electron chi connectivity index (χ0n) is 17.0. The van der Waals surface area contributed by atoms with Crippen molar-refractivity contribution in [2.45, 2.75) is 36.5 Å². The highest BCUT2D eigenvalue weighted by atomic mass is 32.2. The summed E-state index contributed by atoms with van der Waals surface area (Å²) in [4.78, 5) is 15.6. The lowest BCUT2D eigenvalue weighted by molar-refractivity contribution is 0.102. The Hall–Kier alpha value is -2.91. The highest BCUT2D eigenvalue weighted by Crippen LogP contribution is 2.44. The van der Waals surface area contributed by atoms with Crippen molar-refractivity contribution in [3.8, 4) is 5.75 Å². The van der Waals surface area contributed by atoms with E-state index in [1.807, 2.05) is 13.0 Å². The van der Waals surface area contributed by atoms with Gasteiger partial charge in [0.25, 0.3) is 11.9 Å². The van der Waals surface area contributed by atoms with Gasteiger partial charge in [-0.1, -0.05) is 42.8 Å². The van der Waals surface area contributed by atoms with Crippen LogP contribution in [0.15, 0.2) is 46.2 Å². The molecule has 0 aliphatic heterocycles. The van der Waals surface area contributed by atoms with Gasteiger partial charge in [0, 0.05) is 19.9 Å². The van der Waals surface area contributed by atoms with E-state index >= 15 is 0 Å².